The molecule has 0 aromatic heterocycles. The van der Waals surface area contributed by atoms with Gasteiger partial charge in [-0.1, -0.05) is 6.92 Å². The molecule has 9 atom stereocenters. The highest BCUT2D eigenvalue weighted by atomic mass is 16.6. The highest BCUT2D eigenvalue weighted by Gasteiger charge is 2.79. The molecule has 1 spiro atoms. The van der Waals surface area contributed by atoms with Gasteiger partial charge in [-0.3, -0.25) is 4.79 Å². The van der Waals surface area contributed by atoms with Crippen molar-refractivity contribution in [1.82, 2.24) is 0 Å². The number of ether oxygens (including phenoxy) is 3. The first-order valence-electron chi connectivity index (χ1n) is 12.3. The highest BCUT2D eigenvalue weighted by Crippen LogP contribution is 2.76. The van der Waals surface area contributed by atoms with E-state index in [1.807, 2.05) is 0 Å². The Labute approximate surface area is 188 Å². The summed E-state index contributed by atoms with van der Waals surface area (Å²) in [7, 11) is 0. The molecule has 0 unspecified atom stereocenters. The van der Waals surface area contributed by atoms with Crippen molar-refractivity contribution in [2.75, 3.05) is 6.61 Å². The molecular formula is C25H34O7. The minimum Gasteiger partial charge on any atom is -0.462 e. The molecule has 0 aromatic rings. The molecule has 7 heteroatoms. The van der Waals surface area contributed by atoms with Crippen LogP contribution in [0.5, 0.6) is 0 Å². The second-order valence-electron chi connectivity index (χ2n) is 11.6. The van der Waals surface area contributed by atoms with E-state index in [0.717, 1.165) is 31.3 Å². The van der Waals surface area contributed by atoms with Gasteiger partial charge >= 0.3 is 11.9 Å². The molecule has 2 bridgehead atoms. The summed E-state index contributed by atoms with van der Waals surface area (Å²) in [6.07, 6.45) is 7.15. The Bertz CT molecular complexity index is 899. The SMILES string of the molecule is CC(=O)O[C@H]1CC[C@]23[C@H](O)O[C@]4(CC[C@@]2(O)C1)[C@H]3CC[C@@]1(C)[C@H](C2=CC(=O)OC2)CC[C@@H]14. The van der Waals surface area contributed by atoms with Crippen molar-refractivity contribution < 1.29 is 34.0 Å². The van der Waals surface area contributed by atoms with E-state index in [4.69, 9.17) is 14.2 Å². The van der Waals surface area contributed by atoms with Crippen molar-refractivity contribution in [2.45, 2.75) is 95.2 Å². The van der Waals surface area contributed by atoms with Crippen LogP contribution in [0.25, 0.3) is 0 Å². The standard InChI is InChI=1S/C25H34O7/c1-14(26)31-16-5-8-24-19-6-7-22(2)17(15-11-20(27)30-13-15)3-4-18(22)25(19,32-21(24)28)10-9-23(24,29)12-16/h11,16-19,21,28-29H,3-10,12-13H2,1-2H3/t16-,17-,18-,19-,21+,22-,23+,24-,25-/m0/s1. The van der Waals surface area contributed by atoms with E-state index in [0.29, 0.717) is 44.6 Å². The number of esters is 2. The lowest BCUT2D eigenvalue weighted by molar-refractivity contribution is -0.234. The first kappa shape index (κ1) is 21.1. The fourth-order valence-electron chi connectivity index (χ4n) is 9.50. The maximum Gasteiger partial charge on any atom is 0.331 e. The highest BCUT2D eigenvalue weighted by molar-refractivity contribution is 5.85. The lowest BCUT2D eigenvalue weighted by atomic mass is 9.42. The van der Waals surface area contributed by atoms with Crippen LogP contribution in [0.3, 0.4) is 0 Å². The van der Waals surface area contributed by atoms with Gasteiger partial charge in [0.05, 0.1) is 16.6 Å². The molecule has 0 amide bonds. The molecule has 2 aliphatic heterocycles. The monoisotopic (exact) mass is 446 g/mol. The number of hydrogen-bond acceptors (Lipinski definition) is 7. The number of cyclic esters (lactones) is 1. The molecule has 176 valence electrons. The average molecular weight is 447 g/mol. The van der Waals surface area contributed by atoms with Gasteiger partial charge in [0, 0.05) is 25.3 Å². The molecule has 5 fully saturated rings. The molecule has 7 nitrogen and oxygen atoms in total. The van der Waals surface area contributed by atoms with Crippen molar-refractivity contribution in [3.63, 3.8) is 0 Å². The third kappa shape index (κ3) is 2.43. The zero-order valence-corrected chi connectivity index (χ0v) is 19.0. The Morgan fingerprint density at radius 3 is 2.66 bits per heavy atom. The number of hydrogen-bond donors (Lipinski definition) is 2. The average Bonchev–Trinajstić information content (AvgIpc) is 3.34. The number of aliphatic hydroxyl groups excluding tert-OH is 1. The third-order valence-electron chi connectivity index (χ3n) is 10.6. The molecule has 6 rings (SSSR count). The van der Waals surface area contributed by atoms with Crippen molar-refractivity contribution in [2.24, 2.45) is 28.6 Å². The summed E-state index contributed by atoms with van der Waals surface area (Å²) in [6.45, 7) is 4.14. The van der Waals surface area contributed by atoms with E-state index < -0.39 is 22.9 Å². The van der Waals surface area contributed by atoms with E-state index in [1.54, 1.807) is 6.08 Å². The van der Waals surface area contributed by atoms with Crippen LogP contribution in [0.15, 0.2) is 11.6 Å². The van der Waals surface area contributed by atoms with Gasteiger partial charge in [0.15, 0.2) is 6.29 Å². The predicted molar refractivity (Wildman–Crippen MR) is 112 cm³/mol. The van der Waals surface area contributed by atoms with E-state index in [1.165, 1.54) is 6.92 Å². The van der Waals surface area contributed by atoms with Gasteiger partial charge in [-0.2, -0.15) is 0 Å². The number of fused-ring (bicyclic) bond motifs is 1. The van der Waals surface area contributed by atoms with Gasteiger partial charge in [0.25, 0.3) is 0 Å². The lowest BCUT2D eigenvalue weighted by Gasteiger charge is -2.63. The van der Waals surface area contributed by atoms with Crippen LogP contribution in [-0.2, 0) is 23.8 Å². The van der Waals surface area contributed by atoms with Crippen molar-refractivity contribution >= 4 is 11.9 Å². The Kier molecular flexibility index (Phi) is 4.34. The molecule has 0 radical (unpaired) electrons. The zero-order valence-electron chi connectivity index (χ0n) is 19.0. The molecular weight excluding hydrogens is 412 g/mol. The van der Waals surface area contributed by atoms with Gasteiger partial charge in [0.2, 0.25) is 0 Å². The van der Waals surface area contributed by atoms with Crippen LogP contribution in [0.2, 0.25) is 0 Å². The van der Waals surface area contributed by atoms with Crippen LogP contribution in [0.1, 0.15) is 71.6 Å². The maximum absolute atomic E-state index is 11.9. The molecule has 6 aliphatic rings. The zero-order chi connectivity index (χ0) is 22.5. The quantitative estimate of drug-likeness (QED) is 0.629. The van der Waals surface area contributed by atoms with Gasteiger partial charge in [-0.15, -0.1) is 0 Å². The third-order valence-corrected chi connectivity index (χ3v) is 10.6. The summed E-state index contributed by atoms with van der Waals surface area (Å²) < 4.78 is 17.3. The first-order chi connectivity index (χ1) is 15.1. The Hall–Kier alpha value is -1.44. The first-order valence-corrected chi connectivity index (χ1v) is 12.3. The Balaban J connectivity index is 1.35. The molecule has 32 heavy (non-hydrogen) atoms. The number of rotatable bonds is 2. The molecule has 4 saturated carbocycles. The van der Waals surface area contributed by atoms with Gasteiger partial charge in [-0.25, -0.2) is 4.79 Å². The Morgan fingerprint density at radius 1 is 1.12 bits per heavy atom. The van der Waals surface area contributed by atoms with Crippen molar-refractivity contribution in [3.8, 4) is 0 Å². The number of carbonyl (C=O) groups is 2. The van der Waals surface area contributed by atoms with E-state index in [2.05, 4.69) is 6.92 Å². The van der Waals surface area contributed by atoms with E-state index in [9.17, 15) is 19.8 Å². The van der Waals surface area contributed by atoms with E-state index in [-0.39, 0.29) is 35.3 Å². The molecule has 4 aliphatic carbocycles. The molecule has 0 aromatic carbocycles. The van der Waals surface area contributed by atoms with Crippen LogP contribution in [-0.4, -0.2) is 52.4 Å². The van der Waals surface area contributed by atoms with Crippen LogP contribution in [0, 0.1) is 28.6 Å². The summed E-state index contributed by atoms with van der Waals surface area (Å²) in [5.41, 5.74) is -1.13. The smallest absolute Gasteiger partial charge is 0.331 e. The van der Waals surface area contributed by atoms with Crippen LogP contribution < -0.4 is 0 Å². The normalized spacial score (nSPS) is 53.7. The molecule has 2 N–H and O–H groups in total. The van der Waals surface area contributed by atoms with Gasteiger partial charge < -0.3 is 24.4 Å². The second-order valence-corrected chi connectivity index (χ2v) is 11.6. The Morgan fingerprint density at radius 2 is 1.94 bits per heavy atom. The van der Waals surface area contributed by atoms with Gasteiger partial charge in [0.1, 0.15) is 12.7 Å². The summed E-state index contributed by atoms with van der Waals surface area (Å²) in [6, 6.07) is 0. The van der Waals surface area contributed by atoms with Crippen LogP contribution in [0.4, 0.5) is 0 Å². The fourth-order valence-corrected chi connectivity index (χ4v) is 9.50. The summed E-state index contributed by atoms with van der Waals surface area (Å²) >= 11 is 0. The largest absolute Gasteiger partial charge is 0.462 e. The van der Waals surface area contributed by atoms with E-state index >= 15 is 0 Å². The fraction of sp³-hybridized carbons (Fsp3) is 0.840. The van der Waals surface area contributed by atoms with Crippen LogP contribution >= 0.6 is 0 Å². The lowest BCUT2D eigenvalue weighted by Crippen LogP contribution is -2.67. The topological polar surface area (TPSA) is 102 Å². The van der Waals surface area contributed by atoms with Crippen molar-refractivity contribution in [1.29, 1.82) is 0 Å². The minimum atomic E-state index is -1.09. The maximum atomic E-state index is 11.9. The molecule has 1 saturated heterocycles. The predicted octanol–water partition coefficient (Wildman–Crippen LogP) is 2.63. The summed E-state index contributed by atoms with van der Waals surface area (Å²) in [5.74, 6) is 0.108. The molecule has 2 heterocycles. The minimum absolute atomic E-state index is 0.00797. The van der Waals surface area contributed by atoms with Crippen molar-refractivity contribution in [3.05, 3.63) is 11.6 Å². The summed E-state index contributed by atoms with van der Waals surface area (Å²) in [4.78, 5) is 23.3. The number of aliphatic hydroxyl groups is 2. The summed E-state index contributed by atoms with van der Waals surface area (Å²) in [5, 5.41) is 23.3. The number of carbonyl (C=O) groups excluding carboxylic acids is 2. The second kappa shape index (κ2) is 6.57. The van der Waals surface area contributed by atoms with Gasteiger partial charge in [-0.05, 0) is 74.2 Å².